The topological polar surface area (TPSA) is 65.8 Å². The first-order chi connectivity index (χ1) is 7.91. The second-order valence-corrected chi connectivity index (χ2v) is 4.46. The van der Waals surface area contributed by atoms with E-state index in [4.69, 9.17) is 16.9 Å². The summed E-state index contributed by atoms with van der Waals surface area (Å²) >= 11 is 5.96. The summed E-state index contributed by atoms with van der Waals surface area (Å²) in [5.41, 5.74) is 0.142. The number of pyridine rings is 1. The molecule has 1 unspecified atom stereocenters. The third kappa shape index (κ3) is 3.18. The molecule has 1 amide bonds. The van der Waals surface area contributed by atoms with Crippen LogP contribution in [-0.4, -0.2) is 16.4 Å². The molecule has 17 heavy (non-hydrogen) atoms. The average Bonchev–Trinajstić information content (AvgIpc) is 2.28. The van der Waals surface area contributed by atoms with Crippen LogP contribution in [-0.2, 0) is 0 Å². The minimum atomic E-state index is -0.884. The van der Waals surface area contributed by atoms with Crippen LogP contribution in [0.4, 0.5) is 0 Å². The number of halogens is 1. The van der Waals surface area contributed by atoms with Crippen molar-refractivity contribution >= 4 is 17.5 Å². The van der Waals surface area contributed by atoms with Crippen LogP contribution < -0.4 is 5.32 Å². The minimum Gasteiger partial charge on any atom is -0.334 e. The highest BCUT2D eigenvalue weighted by molar-refractivity contribution is 6.33. The molecule has 0 spiro atoms. The van der Waals surface area contributed by atoms with E-state index in [2.05, 4.69) is 16.4 Å². The largest absolute Gasteiger partial charge is 0.334 e. The molecule has 0 saturated heterocycles. The van der Waals surface area contributed by atoms with E-state index in [9.17, 15) is 4.79 Å². The van der Waals surface area contributed by atoms with Crippen molar-refractivity contribution in [1.82, 2.24) is 10.3 Å². The number of rotatable bonds is 3. The fourth-order valence-corrected chi connectivity index (χ4v) is 1.50. The second-order valence-electron chi connectivity index (χ2n) is 4.06. The van der Waals surface area contributed by atoms with Gasteiger partial charge in [0.2, 0.25) is 0 Å². The van der Waals surface area contributed by atoms with Gasteiger partial charge in [-0.1, -0.05) is 18.5 Å². The van der Waals surface area contributed by atoms with Crippen molar-refractivity contribution in [3.63, 3.8) is 0 Å². The maximum absolute atomic E-state index is 11.9. The number of nitrogens with one attached hydrogen (secondary N) is 1. The molecule has 1 aromatic rings. The molecule has 1 heterocycles. The summed E-state index contributed by atoms with van der Waals surface area (Å²) in [6.07, 6.45) is 1.94. The molecular weight excluding hydrogens is 238 g/mol. The SMILES string of the molecule is CCC(C)(C#N)NC(=O)c1cnc(C)cc1Cl. The number of carbonyl (C=O) groups is 1. The van der Waals surface area contributed by atoms with Gasteiger partial charge in [0.25, 0.3) is 5.91 Å². The predicted molar refractivity (Wildman–Crippen MR) is 65.8 cm³/mol. The average molecular weight is 252 g/mol. The zero-order valence-electron chi connectivity index (χ0n) is 10.0. The molecule has 0 radical (unpaired) electrons. The number of amides is 1. The van der Waals surface area contributed by atoms with Crippen molar-refractivity contribution in [2.45, 2.75) is 32.7 Å². The van der Waals surface area contributed by atoms with E-state index in [1.54, 1.807) is 19.9 Å². The van der Waals surface area contributed by atoms with Gasteiger partial charge in [0.15, 0.2) is 0 Å². The quantitative estimate of drug-likeness (QED) is 0.897. The minimum absolute atomic E-state index is 0.284. The fraction of sp³-hybridized carbons (Fsp3) is 0.417. The van der Waals surface area contributed by atoms with Crippen LogP contribution in [0.15, 0.2) is 12.3 Å². The number of hydrogen-bond acceptors (Lipinski definition) is 3. The maximum atomic E-state index is 11.9. The number of nitrogens with zero attached hydrogens (tertiary/aromatic N) is 2. The van der Waals surface area contributed by atoms with E-state index in [1.807, 2.05) is 6.92 Å². The second kappa shape index (κ2) is 5.15. The van der Waals surface area contributed by atoms with Gasteiger partial charge >= 0.3 is 0 Å². The van der Waals surface area contributed by atoms with Gasteiger partial charge in [-0.05, 0) is 26.3 Å². The van der Waals surface area contributed by atoms with Gasteiger partial charge in [-0.3, -0.25) is 9.78 Å². The lowest BCUT2D eigenvalue weighted by atomic mass is 10.0. The van der Waals surface area contributed by atoms with Crippen molar-refractivity contribution in [3.05, 3.63) is 28.5 Å². The molecule has 1 rings (SSSR count). The van der Waals surface area contributed by atoms with Crippen molar-refractivity contribution in [2.75, 3.05) is 0 Å². The highest BCUT2D eigenvalue weighted by Gasteiger charge is 2.25. The first-order valence-corrected chi connectivity index (χ1v) is 5.65. The molecule has 0 aromatic carbocycles. The Morgan fingerprint density at radius 3 is 2.82 bits per heavy atom. The van der Waals surface area contributed by atoms with Crippen LogP contribution in [0.1, 0.15) is 36.3 Å². The molecular formula is C12H14ClN3O. The van der Waals surface area contributed by atoms with E-state index in [-0.39, 0.29) is 11.5 Å². The first kappa shape index (κ1) is 13.5. The molecule has 0 fully saturated rings. The summed E-state index contributed by atoms with van der Waals surface area (Å²) in [6.45, 7) is 5.29. The first-order valence-electron chi connectivity index (χ1n) is 5.28. The van der Waals surface area contributed by atoms with Crippen LogP contribution in [0.3, 0.4) is 0 Å². The summed E-state index contributed by atoms with van der Waals surface area (Å²) in [5, 5.41) is 12.0. The molecule has 1 N–H and O–H groups in total. The number of hydrogen-bond donors (Lipinski definition) is 1. The Morgan fingerprint density at radius 1 is 1.71 bits per heavy atom. The van der Waals surface area contributed by atoms with E-state index in [1.165, 1.54) is 6.20 Å². The zero-order chi connectivity index (χ0) is 13.1. The van der Waals surface area contributed by atoms with Gasteiger partial charge in [0.1, 0.15) is 5.54 Å². The predicted octanol–water partition coefficient (Wildman–Crippen LogP) is 2.47. The van der Waals surface area contributed by atoms with Crippen LogP contribution in [0, 0.1) is 18.3 Å². The van der Waals surface area contributed by atoms with E-state index >= 15 is 0 Å². The monoisotopic (exact) mass is 251 g/mol. The van der Waals surface area contributed by atoms with Gasteiger partial charge in [-0.25, -0.2) is 0 Å². The number of carbonyl (C=O) groups excluding carboxylic acids is 1. The van der Waals surface area contributed by atoms with Crippen molar-refractivity contribution in [2.24, 2.45) is 0 Å². The van der Waals surface area contributed by atoms with Crippen molar-refractivity contribution in [3.8, 4) is 6.07 Å². The molecule has 90 valence electrons. The van der Waals surface area contributed by atoms with Gasteiger partial charge in [-0.2, -0.15) is 5.26 Å². The molecule has 1 atom stereocenters. The third-order valence-corrected chi connectivity index (χ3v) is 2.89. The molecule has 0 bridgehead atoms. The van der Waals surface area contributed by atoms with E-state index in [0.29, 0.717) is 11.4 Å². The van der Waals surface area contributed by atoms with Crippen molar-refractivity contribution < 1.29 is 4.79 Å². The summed E-state index contributed by atoms with van der Waals surface area (Å²) in [7, 11) is 0. The molecule has 5 heteroatoms. The summed E-state index contributed by atoms with van der Waals surface area (Å²) in [6, 6.07) is 3.68. The van der Waals surface area contributed by atoms with E-state index in [0.717, 1.165) is 5.69 Å². The lowest BCUT2D eigenvalue weighted by Crippen LogP contribution is -2.44. The lowest BCUT2D eigenvalue weighted by molar-refractivity contribution is 0.0923. The molecule has 4 nitrogen and oxygen atoms in total. The molecule has 1 aromatic heterocycles. The number of aryl methyl sites for hydroxylation is 1. The normalized spacial score (nSPS) is 13.6. The Kier molecular flexibility index (Phi) is 4.08. The van der Waals surface area contributed by atoms with Crippen LogP contribution in [0.2, 0.25) is 5.02 Å². The number of nitriles is 1. The van der Waals surface area contributed by atoms with Gasteiger partial charge < -0.3 is 5.32 Å². The Labute approximate surface area is 106 Å². The van der Waals surface area contributed by atoms with Crippen molar-refractivity contribution in [1.29, 1.82) is 5.26 Å². The van der Waals surface area contributed by atoms with Crippen LogP contribution >= 0.6 is 11.6 Å². The van der Waals surface area contributed by atoms with Crippen LogP contribution in [0.25, 0.3) is 0 Å². The molecule has 0 saturated carbocycles. The van der Waals surface area contributed by atoms with Gasteiger partial charge in [-0.15, -0.1) is 0 Å². The van der Waals surface area contributed by atoms with E-state index < -0.39 is 5.54 Å². The Balaban J connectivity index is 2.95. The summed E-state index contributed by atoms with van der Waals surface area (Å²) < 4.78 is 0. The van der Waals surface area contributed by atoms with Crippen LogP contribution in [0.5, 0.6) is 0 Å². The zero-order valence-corrected chi connectivity index (χ0v) is 10.8. The highest BCUT2D eigenvalue weighted by Crippen LogP contribution is 2.17. The summed E-state index contributed by atoms with van der Waals surface area (Å²) in [4.78, 5) is 15.9. The molecule has 0 aliphatic rings. The fourth-order valence-electron chi connectivity index (χ4n) is 1.21. The smallest absolute Gasteiger partial charge is 0.255 e. The Morgan fingerprint density at radius 2 is 2.35 bits per heavy atom. The molecule has 0 aliphatic heterocycles. The third-order valence-electron chi connectivity index (χ3n) is 2.58. The number of aromatic nitrogens is 1. The standard InChI is InChI=1S/C12H14ClN3O/c1-4-12(3,7-14)16-11(17)9-6-15-8(2)5-10(9)13/h5-6H,4H2,1-3H3,(H,16,17). The Bertz CT molecular complexity index is 481. The summed E-state index contributed by atoms with van der Waals surface area (Å²) in [5.74, 6) is -0.381. The van der Waals surface area contributed by atoms with Gasteiger partial charge in [0.05, 0.1) is 16.7 Å². The highest BCUT2D eigenvalue weighted by atomic mass is 35.5. The maximum Gasteiger partial charge on any atom is 0.255 e. The molecule has 0 aliphatic carbocycles. The lowest BCUT2D eigenvalue weighted by Gasteiger charge is -2.21. The Hall–Kier alpha value is -1.60. The van der Waals surface area contributed by atoms with Gasteiger partial charge in [0, 0.05) is 11.9 Å².